The fourth-order valence-electron chi connectivity index (χ4n) is 8.98. The molecule has 62 heavy (non-hydrogen) atoms. The zero-order valence-electron chi connectivity index (χ0n) is 34.6. The van der Waals surface area contributed by atoms with Crippen molar-refractivity contribution in [3.05, 3.63) is 154 Å². The van der Waals surface area contributed by atoms with Gasteiger partial charge in [0.1, 0.15) is 0 Å². The molecule has 4 heterocycles. The molecule has 4 aliphatic heterocycles. The molecule has 14 nitrogen and oxygen atoms in total. The Morgan fingerprint density at radius 1 is 0.661 bits per heavy atom. The SMILES string of the molecule is CCP12(OC(C(=O)OC)=C(C(=O)OC)N3C(c4ccccc4)=CN(c4ccc(Cl)cc4)C31)OC(C(=O)OC)C(C)(C(=O)OC)N1C(c3ccccc3)=CN(c3ccc(Cl)cc3)C12. The number of ether oxygens (including phenoxy) is 4. The van der Waals surface area contributed by atoms with Gasteiger partial charge in [0, 0.05) is 0 Å². The van der Waals surface area contributed by atoms with E-state index in [1.807, 2.05) is 89.8 Å². The third-order valence-electron chi connectivity index (χ3n) is 11.9. The van der Waals surface area contributed by atoms with Crippen LogP contribution in [0.1, 0.15) is 25.0 Å². The van der Waals surface area contributed by atoms with E-state index >= 15 is 0 Å². The van der Waals surface area contributed by atoms with E-state index in [0.717, 1.165) is 7.11 Å². The fraction of sp³-hybridized carbons (Fsp3) is 0.244. The Bertz CT molecular complexity index is 2540. The Kier molecular flexibility index (Phi) is 11.0. The number of methoxy groups -OCH3 is 4. The first-order chi connectivity index (χ1) is 29.8. The molecule has 17 heteroatoms. The normalized spacial score (nSPS) is 23.8. The van der Waals surface area contributed by atoms with Crippen molar-refractivity contribution in [1.29, 1.82) is 0 Å². The summed E-state index contributed by atoms with van der Waals surface area (Å²) in [5.41, 5.74) is 1.06. The van der Waals surface area contributed by atoms with Gasteiger partial charge in [-0.3, -0.25) is 0 Å². The van der Waals surface area contributed by atoms with Crippen molar-refractivity contribution >= 4 is 76.9 Å². The molecule has 1 spiro atoms. The number of carbonyl (C=O) groups excluding carboxylic acids is 4. The number of rotatable bonds is 9. The minimum atomic E-state index is -5.36. The summed E-state index contributed by atoms with van der Waals surface area (Å²) in [6.07, 6.45) is 1.81. The molecular formula is C45H43Cl2N4O10P. The summed E-state index contributed by atoms with van der Waals surface area (Å²) >= 11 is 13.0. The van der Waals surface area contributed by atoms with E-state index in [0.29, 0.717) is 43.9 Å². The molecule has 322 valence electrons. The standard InChI is InChI=1S/C45H43Cl2N4O10P/c1-7-62(43-48(32-22-18-30(46)19-23-32)26-34(28-14-10-8-11-15-28)50(43)36(39(52)56-3)37(60-62)40(53)57-4)44-49(33-24-20-31(47)21-25-33)27-35(29-16-12-9-13-17-29)51(44)45(2,42(55)59-6)38(61-62)41(54)58-5/h8-27,38,43-44H,7H2,1-6H3. The minimum absolute atomic E-state index is 0.0619. The van der Waals surface area contributed by atoms with Crippen LogP contribution in [0.4, 0.5) is 11.4 Å². The zero-order chi connectivity index (χ0) is 44.2. The average molecular weight is 902 g/mol. The van der Waals surface area contributed by atoms with Crippen LogP contribution in [-0.4, -0.2) is 91.7 Å². The molecular weight excluding hydrogens is 858 g/mol. The van der Waals surface area contributed by atoms with Gasteiger partial charge in [0.25, 0.3) is 0 Å². The second-order valence-electron chi connectivity index (χ2n) is 14.9. The van der Waals surface area contributed by atoms with E-state index < -0.39 is 60.2 Å². The molecule has 4 atom stereocenters. The third-order valence-corrected chi connectivity index (χ3v) is 17.8. The van der Waals surface area contributed by atoms with Gasteiger partial charge in [0.2, 0.25) is 0 Å². The summed E-state index contributed by atoms with van der Waals surface area (Å²) in [7, 11) is -0.593. The van der Waals surface area contributed by atoms with Crippen molar-refractivity contribution in [1.82, 2.24) is 9.80 Å². The van der Waals surface area contributed by atoms with E-state index in [1.165, 1.54) is 21.3 Å². The van der Waals surface area contributed by atoms with Crippen molar-refractivity contribution < 1.29 is 47.2 Å². The molecule has 4 aliphatic rings. The first-order valence-corrected chi connectivity index (χ1v) is 22.6. The van der Waals surface area contributed by atoms with Crippen molar-refractivity contribution in [2.24, 2.45) is 0 Å². The first-order valence-electron chi connectivity index (χ1n) is 19.5. The van der Waals surface area contributed by atoms with Gasteiger partial charge in [-0.1, -0.05) is 0 Å². The van der Waals surface area contributed by atoms with Crippen LogP contribution < -0.4 is 9.80 Å². The summed E-state index contributed by atoms with van der Waals surface area (Å²) in [6, 6.07) is 32.6. The molecule has 0 bridgehead atoms. The third kappa shape index (κ3) is 6.22. The molecule has 0 aromatic heterocycles. The van der Waals surface area contributed by atoms with Crippen molar-refractivity contribution in [2.75, 3.05) is 44.4 Å². The Morgan fingerprint density at radius 3 is 1.65 bits per heavy atom. The second-order valence-corrected chi connectivity index (χ2v) is 20.3. The summed E-state index contributed by atoms with van der Waals surface area (Å²) in [6.45, 7) is 3.37. The van der Waals surface area contributed by atoms with E-state index in [-0.39, 0.29) is 11.9 Å². The van der Waals surface area contributed by atoms with E-state index in [4.69, 9.17) is 51.2 Å². The van der Waals surface area contributed by atoms with Crippen LogP contribution in [0, 0.1) is 0 Å². The number of carbonyl (C=O) groups is 4. The molecule has 0 N–H and O–H groups in total. The van der Waals surface area contributed by atoms with Crippen molar-refractivity contribution in [3.63, 3.8) is 0 Å². The summed E-state index contributed by atoms with van der Waals surface area (Å²) < 4.78 is 37.0. The predicted octanol–water partition coefficient (Wildman–Crippen LogP) is 8.00. The van der Waals surface area contributed by atoms with Gasteiger partial charge < -0.3 is 0 Å². The number of halogens is 2. The molecule has 0 saturated carbocycles. The number of benzene rings is 4. The van der Waals surface area contributed by atoms with Crippen LogP contribution >= 0.6 is 30.3 Å². The van der Waals surface area contributed by atoms with E-state index in [1.54, 1.807) is 65.3 Å². The van der Waals surface area contributed by atoms with Gasteiger partial charge in [-0.2, -0.15) is 0 Å². The van der Waals surface area contributed by atoms with Crippen LogP contribution in [-0.2, 0) is 47.2 Å². The molecule has 4 aromatic rings. The Labute approximate surface area is 368 Å². The average Bonchev–Trinajstić information content (AvgIpc) is 3.93. The summed E-state index contributed by atoms with van der Waals surface area (Å²) in [5, 5.41) is 0.913. The number of fused-ring (bicyclic) bond motifs is 4. The molecule has 1 fully saturated rings. The molecule has 4 aromatic carbocycles. The summed E-state index contributed by atoms with van der Waals surface area (Å²) in [4.78, 5) is 65.5. The summed E-state index contributed by atoms with van der Waals surface area (Å²) in [5.74, 6) is -6.74. The van der Waals surface area contributed by atoms with Crippen molar-refractivity contribution in [3.8, 4) is 0 Å². The van der Waals surface area contributed by atoms with Crippen LogP contribution in [0.2, 0.25) is 10.0 Å². The number of hydrogen-bond acceptors (Lipinski definition) is 14. The van der Waals surface area contributed by atoms with Crippen LogP contribution in [0.25, 0.3) is 11.4 Å². The van der Waals surface area contributed by atoms with Gasteiger partial charge in [-0.15, -0.1) is 0 Å². The monoisotopic (exact) mass is 900 g/mol. The number of esters is 4. The maximum absolute atomic E-state index is 14.7. The van der Waals surface area contributed by atoms with Gasteiger partial charge >= 0.3 is 370 Å². The van der Waals surface area contributed by atoms with Gasteiger partial charge in [0.05, 0.1) is 0 Å². The Hall–Kier alpha value is -6.05. The van der Waals surface area contributed by atoms with Crippen LogP contribution in [0.3, 0.4) is 0 Å². The van der Waals surface area contributed by atoms with Crippen LogP contribution in [0.5, 0.6) is 0 Å². The molecule has 1 saturated heterocycles. The topological polar surface area (TPSA) is 137 Å². The second kappa shape index (κ2) is 16.0. The number of nitrogens with zero attached hydrogens (tertiary/aromatic N) is 4. The van der Waals surface area contributed by atoms with Gasteiger partial charge in [-0.25, -0.2) is 0 Å². The molecule has 0 radical (unpaired) electrons. The van der Waals surface area contributed by atoms with Crippen molar-refractivity contribution in [2.45, 2.75) is 37.3 Å². The number of anilines is 2. The maximum atomic E-state index is 14.7. The van der Waals surface area contributed by atoms with Crippen LogP contribution in [0.15, 0.2) is 133 Å². The van der Waals surface area contributed by atoms with E-state index in [9.17, 15) is 19.2 Å². The molecule has 8 rings (SSSR count). The first kappa shape index (κ1) is 42.6. The van der Waals surface area contributed by atoms with E-state index in [2.05, 4.69) is 0 Å². The fourth-order valence-corrected chi connectivity index (χ4v) is 15.2. The van der Waals surface area contributed by atoms with Gasteiger partial charge in [0.15, 0.2) is 0 Å². The molecule has 0 aliphatic carbocycles. The van der Waals surface area contributed by atoms with Gasteiger partial charge in [-0.05, 0) is 0 Å². The predicted molar refractivity (Wildman–Crippen MR) is 235 cm³/mol. The molecule has 0 amide bonds. The number of hydrogen-bond donors (Lipinski definition) is 0. The Morgan fingerprint density at radius 2 is 1.16 bits per heavy atom. The molecule has 4 unspecified atom stereocenters. The Balaban J connectivity index is 1.58. The quantitative estimate of drug-likeness (QED) is 0.0912. The zero-order valence-corrected chi connectivity index (χ0v) is 37.0.